The molecule has 7 heteroatoms. The summed E-state index contributed by atoms with van der Waals surface area (Å²) in [4.78, 5) is 33.7. The number of benzene rings is 1. The molecule has 0 spiro atoms. The van der Waals surface area contributed by atoms with Crippen molar-refractivity contribution in [2.45, 2.75) is 33.2 Å². The molecule has 31 heavy (non-hydrogen) atoms. The van der Waals surface area contributed by atoms with Gasteiger partial charge in [-0.3, -0.25) is 19.5 Å². The first-order valence-corrected chi connectivity index (χ1v) is 10.8. The van der Waals surface area contributed by atoms with Gasteiger partial charge in [0.2, 0.25) is 11.8 Å². The molecule has 2 aliphatic heterocycles. The van der Waals surface area contributed by atoms with Crippen molar-refractivity contribution in [1.29, 1.82) is 0 Å². The van der Waals surface area contributed by atoms with E-state index >= 15 is 0 Å². The summed E-state index contributed by atoms with van der Waals surface area (Å²) in [5, 5.41) is 3.00. The van der Waals surface area contributed by atoms with Gasteiger partial charge in [-0.2, -0.15) is 0 Å². The van der Waals surface area contributed by atoms with Crippen molar-refractivity contribution in [3.05, 3.63) is 42.7 Å². The van der Waals surface area contributed by atoms with Crippen LogP contribution in [0.15, 0.2) is 42.7 Å². The number of hydrogen-bond acceptors (Lipinski definition) is 5. The Kier molecular flexibility index (Phi) is 5.96. The SMILES string of the molecule is CC(C)(C)CC(=O)N1CCN2CC(=O)Nc3cc(-c4cccnc4)ccc3OC[C@@H]2C1. The third-order valence-corrected chi connectivity index (χ3v) is 5.67. The standard InChI is InChI=1S/C24H30N4O3/c1-24(2,3)12-23(30)28-10-9-27-15-22(29)26-20-11-17(18-5-4-8-25-13-18)6-7-21(20)31-16-19(27)14-28/h4-8,11,13,19H,9-10,12,14-16H2,1-3H3,(H,26,29)/t19-/m0/s1. The van der Waals surface area contributed by atoms with Crippen LogP contribution in [0.2, 0.25) is 0 Å². The molecule has 0 radical (unpaired) electrons. The smallest absolute Gasteiger partial charge is 0.238 e. The van der Waals surface area contributed by atoms with E-state index in [0.717, 1.165) is 11.1 Å². The highest BCUT2D eigenvalue weighted by Gasteiger charge is 2.33. The maximum Gasteiger partial charge on any atom is 0.238 e. The third kappa shape index (κ3) is 5.22. The van der Waals surface area contributed by atoms with E-state index in [4.69, 9.17) is 4.74 Å². The number of nitrogens with zero attached hydrogens (tertiary/aromatic N) is 3. The highest BCUT2D eigenvalue weighted by Crippen LogP contribution is 2.32. The van der Waals surface area contributed by atoms with E-state index in [-0.39, 0.29) is 29.8 Å². The molecule has 0 bridgehead atoms. The van der Waals surface area contributed by atoms with Gasteiger partial charge in [0, 0.05) is 44.0 Å². The van der Waals surface area contributed by atoms with Gasteiger partial charge in [-0.25, -0.2) is 0 Å². The van der Waals surface area contributed by atoms with Crippen LogP contribution < -0.4 is 10.1 Å². The van der Waals surface area contributed by atoms with E-state index in [9.17, 15) is 9.59 Å². The minimum Gasteiger partial charge on any atom is -0.490 e. The molecule has 1 aromatic heterocycles. The molecule has 1 fully saturated rings. The van der Waals surface area contributed by atoms with Crippen LogP contribution in [0.4, 0.5) is 5.69 Å². The van der Waals surface area contributed by atoms with Gasteiger partial charge in [0.1, 0.15) is 12.4 Å². The Morgan fingerprint density at radius 1 is 1.23 bits per heavy atom. The van der Waals surface area contributed by atoms with Crippen molar-refractivity contribution in [2.75, 3.05) is 38.1 Å². The zero-order chi connectivity index (χ0) is 22.0. The number of ether oxygens (including phenoxy) is 1. The van der Waals surface area contributed by atoms with Gasteiger partial charge in [-0.05, 0) is 29.2 Å². The molecule has 2 aliphatic rings. The average Bonchev–Trinajstić information content (AvgIpc) is 2.79. The molecule has 0 aliphatic carbocycles. The minimum atomic E-state index is -0.0745. The Morgan fingerprint density at radius 2 is 2.06 bits per heavy atom. The van der Waals surface area contributed by atoms with Crippen LogP contribution in [0, 0.1) is 5.41 Å². The Labute approximate surface area is 183 Å². The van der Waals surface area contributed by atoms with Crippen LogP contribution in [0.5, 0.6) is 5.75 Å². The number of anilines is 1. The number of amides is 2. The molecular formula is C24H30N4O3. The predicted octanol–water partition coefficient (Wildman–Crippen LogP) is 3.03. The Balaban J connectivity index is 1.52. The molecule has 1 aromatic carbocycles. The summed E-state index contributed by atoms with van der Waals surface area (Å²) < 4.78 is 6.14. The van der Waals surface area contributed by atoms with Gasteiger partial charge in [0.15, 0.2) is 0 Å². The van der Waals surface area contributed by atoms with Crippen molar-refractivity contribution in [1.82, 2.24) is 14.8 Å². The van der Waals surface area contributed by atoms with Gasteiger partial charge in [0.25, 0.3) is 0 Å². The number of hydrogen-bond donors (Lipinski definition) is 1. The van der Waals surface area contributed by atoms with E-state index in [0.29, 0.717) is 44.1 Å². The third-order valence-electron chi connectivity index (χ3n) is 5.67. The van der Waals surface area contributed by atoms with E-state index in [2.05, 4.69) is 36.0 Å². The summed E-state index contributed by atoms with van der Waals surface area (Å²) in [7, 11) is 0. The number of piperazine rings is 1. The first kappa shape index (κ1) is 21.3. The lowest BCUT2D eigenvalue weighted by molar-refractivity contribution is -0.136. The number of carbonyl (C=O) groups is 2. The molecule has 0 unspecified atom stereocenters. The normalized spacial score (nSPS) is 19.8. The maximum atomic E-state index is 12.8. The minimum absolute atomic E-state index is 0.0210. The number of pyridine rings is 1. The van der Waals surface area contributed by atoms with Gasteiger partial charge < -0.3 is 15.0 Å². The van der Waals surface area contributed by atoms with Crippen molar-refractivity contribution in [3.8, 4) is 16.9 Å². The lowest BCUT2D eigenvalue weighted by atomic mass is 9.91. The summed E-state index contributed by atoms with van der Waals surface area (Å²) in [6.45, 7) is 8.80. The molecular weight excluding hydrogens is 392 g/mol. The second kappa shape index (κ2) is 8.67. The number of carbonyl (C=O) groups excluding carboxylic acids is 2. The number of fused-ring (bicyclic) bond motifs is 2. The van der Waals surface area contributed by atoms with Gasteiger partial charge >= 0.3 is 0 Å². The molecule has 1 atom stereocenters. The topological polar surface area (TPSA) is 74.8 Å². The van der Waals surface area contributed by atoms with Gasteiger partial charge in [-0.15, -0.1) is 0 Å². The van der Waals surface area contributed by atoms with E-state index in [1.54, 1.807) is 12.4 Å². The summed E-state index contributed by atoms with van der Waals surface area (Å²) in [5.74, 6) is 0.730. The molecule has 0 saturated carbocycles. The fraction of sp³-hybridized carbons (Fsp3) is 0.458. The van der Waals surface area contributed by atoms with Crippen molar-refractivity contribution < 1.29 is 14.3 Å². The second-order valence-electron chi connectivity index (χ2n) is 9.51. The molecule has 1 saturated heterocycles. The lowest BCUT2D eigenvalue weighted by Crippen LogP contribution is -2.58. The average molecular weight is 423 g/mol. The summed E-state index contributed by atoms with van der Waals surface area (Å²) in [6.07, 6.45) is 4.04. The molecule has 4 rings (SSSR count). The summed E-state index contributed by atoms with van der Waals surface area (Å²) in [6, 6.07) is 9.63. The Hall–Kier alpha value is -2.93. The molecule has 3 heterocycles. The van der Waals surface area contributed by atoms with Crippen LogP contribution in [-0.2, 0) is 9.59 Å². The van der Waals surface area contributed by atoms with Crippen LogP contribution in [0.3, 0.4) is 0 Å². The fourth-order valence-electron chi connectivity index (χ4n) is 4.08. The second-order valence-corrected chi connectivity index (χ2v) is 9.51. The van der Waals surface area contributed by atoms with Crippen LogP contribution in [-0.4, -0.2) is 65.4 Å². The van der Waals surface area contributed by atoms with Gasteiger partial charge in [0.05, 0.1) is 18.3 Å². The first-order valence-electron chi connectivity index (χ1n) is 10.8. The van der Waals surface area contributed by atoms with Crippen molar-refractivity contribution >= 4 is 17.5 Å². The Morgan fingerprint density at radius 3 is 2.81 bits per heavy atom. The van der Waals surface area contributed by atoms with E-state index < -0.39 is 0 Å². The highest BCUT2D eigenvalue weighted by atomic mass is 16.5. The van der Waals surface area contributed by atoms with Crippen LogP contribution in [0.1, 0.15) is 27.2 Å². The summed E-state index contributed by atoms with van der Waals surface area (Å²) >= 11 is 0. The predicted molar refractivity (Wildman–Crippen MR) is 120 cm³/mol. The molecule has 1 N–H and O–H groups in total. The maximum absolute atomic E-state index is 12.8. The van der Waals surface area contributed by atoms with Crippen LogP contribution >= 0.6 is 0 Å². The number of nitrogens with one attached hydrogen (secondary N) is 1. The number of rotatable bonds is 2. The molecule has 2 aromatic rings. The zero-order valence-electron chi connectivity index (χ0n) is 18.4. The van der Waals surface area contributed by atoms with Crippen molar-refractivity contribution in [2.24, 2.45) is 5.41 Å². The molecule has 7 nitrogen and oxygen atoms in total. The van der Waals surface area contributed by atoms with Gasteiger partial charge in [-0.1, -0.05) is 32.9 Å². The van der Waals surface area contributed by atoms with E-state index in [1.165, 1.54) is 0 Å². The van der Waals surface area contributed by atoms with E-state index in [1.807, 2.05) is 35.2 Å². The molecule has 164 valence electrons. The first-order chi connectivity index (χ1) is 14.8. The quantitative estimate of drug-likeness (QED) is 0.805. The Bertz CT molecular complexity index is 955. The lowest BCUT2D eigenvalue weighted by Gasteiger charge is -2.41. The highest BCUT2D eigenvalue weighted by molar-refractivity contribution is 5.94. The summed E-state index contributed by atoms with van der Waals surface area (Å²) in [5.41, 5.74) is 2.55. The largest absolute Gasteiger partial charge is 0.490 e. The number of aromatic nitrogens is 1. The van der Waals surface area contributed by atoms with Crippen LogP contribution in [0.25, 0.3) is 11.1 Å². The monoisotopic (exact) mass is 422 g/mol. The fourth-order valence-corrected chi connectivity index (χ4v) is 4.08. The van der Waals surface area contributed by atoms with Crippen molar-refractivity contribution in [3.63, 3.8) is 0 Å². The molecule has 2 amide bonds. The zero-order valence-corrected chi connectivity index (χ0v) is 18.4.